The lowest BCUT2D eigenvalue weighted by atomic mass is 10.2. The van der Waals surface area contributed by atoms with Gasteiger partial charge in [0.2, 0.25) is 10.0 Å². The molecule has 2 heterocycles. The third-order valence-corrected chi connectivity index (χ3v) is 6.51. The number of rotatable bonds is 6. The minimum absolute atomic E-state index is 0.192. The summed E-state index contributed by atoms with van der Waals surface area (Å²) in [6.45, 7) is 3.88. The first-order valence-electron chi connectivity index (χ1n) is 7.91. The second-order valence-electron chi connectivity index (χ2n) is 5.73. The Morgan fingerprint density at radius 2 is 2.04 bits per heavy atom. The quantitative estimate of drug-likeness (QED) is 0.699. The van der Waals surface area contributed by atoms with Crippen LogP contribution in [0.15, 0.2) is 47.6 Å². The van der Waals surface area contributed by atoms with Gasteiger partial charge < -0.3 is 4.74 Å². The summed E-state index contributed by atoms with van der Waals surface area (Å²) in [5, 5.41) is 0.824. The Labute approximate surface area is 157 Å². The predicted molar refractivity (Wildman–Crippen MR) is 102 cm³/mol. The molecular formula is C18H19N3O3S2. The number of benzene rings is 1. The normalized spacial score (nSPS) is 11.5. The second kappa shape index (κ2) is 7.53. The molecule has 3 rings (SSSR count). The molecular weight excluding hydrogens is 370 g/mol. The lowest BCUT2D eigenvalue weighted by Gasteiger charge is -2.09. The number of sulfonamides is 1. The van der Waals surface area contributed by atoms with E-state index in [4.69, 9.17) is 4.74 Å². The van der Waals surface area contributed by atoms with Crippen molar-refractivity contribution in [1.82, 2.24) is 14.7 Å². The van der Waals surface area contributed by atoms with Gasteiger partial charge in [-0.1, -0.05) is 0 Å². The molecule has 2 aromatic heterocycles. The molecule has 0 amide bonds. The summed E-state index contributed by atoms with van der Waals surface area (Å²) < 4.78 is 33.0. The minimum Gasteiger partial charge on any atom is -0.496 e. The molecule has 1 aromatic carbocycles. The molecule has 0 saturated heterocycles. The largest absolute Gasteiger partial charge is 0.496 e. The molecule has 0 unspecified atom stereocenters. The van der Waals surface area contributed by atoms with Crippen LogP contribution < -0.4 is 9.46 Å². The molecule has 8 heteroatoms. The fourth-order valence-electron chi connectivity index (χ4n) is 2.47. The third-order valence-electron chi connectivity index (χ3n) is 3.90. The van der Waals surface area contributed by atoms with E-state index in [0.29, 0.717) is 5.75 Å². The van der Waals surface area contributed by atoms with Crippen LogP contribution in [0.2, 0.25) is 0 Å². The van der Waals surface area contributed by atoms with Gasteiger partial charge in [0.05, 0.1) is 17.7 Å². The number of nitrogens with one attached hydrogen (secondary N) is 1. The number of aromatic nitrogens is 2. The highest BCUT2D eigenvalue weighted by atomic mass is 32.2. The number of ether oxygens (including phenoxy) is 1. The molecule has 0 bridgehead atoms. The molecule has 0 radical (unpaired) electrons. The number of aryl methyl sites for hydroxylation is 2. The number of pyridine rings is 1. The lowest BCUT2D eigenvalue weighted by Crippen LogP contribution is -2.23. The highest BCUT2D eigenvalue weighted by Crippen LogP contribution is 2.28. The number of thiazole rings is 1. The molecule has 136 valence electrons. The van der Waals surface area contributed by atoms with Gasteiger partial charge in [-0.2, -0.15) is 0 Å². The van der Waals surface area contributed by atoms with Crippen molar-refractivity contribution in [3.63, 3.8) is 0 Å². The van der Waals surface area contributed by atoms with Crippen molar-refractivity contribution in [2.24, 2.45) is 0 Å². The van der Waals surface area contributed by atoms with Gasteiger partial charge in [0.25, 0.3) is 0 Å². The van der Waals surface area contributed by atoms with Gasteiger partial charge in [0.15, 0.2) is 0 Å². The maximum atomic E-state index is 12.6. The Balaban J connectivity index is 1.78. The zero-order chi connectivity index (χ0) is 18.7. The van der Waals surface area contributed by atoms with E-state index in [1.54, 1.807) is 31.6 Å². The van der Waals surface area contributed by atoms with Crippen LogP contribution in [0.25, 0.3) is 10.6 Å². The summed E-state index contributed by atoms with van der Waals surface area (Å²) in [5.41, 5.74) is 2.49. The molecule has 0 fully saturated rings. The zero-order valence-electron chi connectivity index (χ0n) is 14.7. The van der Waals surface area contributed by atoms with E-state index in [0.717, 1.165) is 26.7 Å². The Hall–Kier alpha value is -2.29. The van der Waals surface area contributed by atoms with Gasteiger partial charge >= 0.3 is 0 Å². The highest BCUT2D eigenvalue weighted by molar-refractivity contribution is 7.89. The number of hydrogen-bond acceptors (Lipinski definition) is 6. The molecule has 3 aromatic rings. The van der Waals surface area contributed by atoms with Gasteiger partial charge in [-0.25, -0.2) is 18.1 Å². The van der Waals surface area contributed by atoms with Gasteiger partial charge in [-0.05, 0) is 49.7 Å². The fourth-order valence-corrected chi connectivity index (χ4v) is 4.63. The molecule has 0 saturated carbocycles. The van der Waals surface area contributed by atoms with Gasteiger partial charge in [-0.3, -0.25) is 4.98 Å². The van der Waals surface area contributed by atoms with E-state index < -0.39 is 10.0 Å². The molecule has 0 spiro atoms. The first kappa shape index (κ1) is 18.5. The summed E-state index contributed by atoms with van der Waals surface area (Å²) in [4.78, 5) is 9.70. The summed E-state index contributed by atoms with van der Waals surface area (Å²) in [7, 11) is -2.06. The average molecular weight is 390 g/mol. The topological polar surface area (TPSA) is 81.2 Å². The Kier molecular flexibility index (Phi) is 5.36. The molecule has 0 aliphatic heterocycles. The van der Waals surface area contributed by atoms with Gasteiger partial charge in [0.1, 0.15) is 10.8 Å². The van der Waals surface area contributed by atoms with Gasteiger partial charge in [-0.15, -0.1) is 11.3 Å². The van der Waals surface area contributed by atoms with Crippen LogP contribution in [0.5, 0.6) is 5.75 Å². The van der Waals surface area contributed by atoms with Gasteiger partial charge in [0, 0.05) is 29.4 Å². The first-order valence-corrected chi connectivity index (χ1v) is 10.2. The van der Waals surface area contributed by atoms with E-state index in [9.17, 15) is 8.42 Å². The standard InChI is InChI=1S/C18H19N3O3S2/c1-12-9-15(6-7-16(12)24-3)26(22,23)20-11-17-13(2)21-18(25-17)14-5-4-8-19-10-14/h4-10,20H,11H2,1-3H3. The van der Waals surface area contributed by atoms with Crippen LogP contribution in [0, 0.1) is 13.8 Å². The molecule has 0 atom stereocenters. The van der Waals surface area contributed by atoms with Crippen molar-refractivity contribution in [3.05, 3.63) is 58.9 Å². The smallest absolute Gasteiger partial charge is 0.240 e. The molecule has 1 N–H and O–H groups in total. The summed E-state index contributed by atoms with van der Waals surface area (Å²) >= 11 is 1.46. The van der Waals surface area contributed by atoms with Crippen molar-refractivity contribution < 1.29 is 13.2 Å². The number of nitrogens with zero attached hydrogens (tertiary/aromatic N) is 2. The average Bonchev–Trinajstić information content (AvgIpc) is 3.01. The predicted octanol–water partition coefficient (Wildman–Crippen LogP) is 3.31. The third kappa shape index (κ3) is 3.92. The van der Waals surface area contributed by atoms with Crippen LogP contribution >= 0.6 is 11.3 Å². The van der Waals surface area contributed by atoms with Crippen molar-refractivity contribution in [3.8, 4) is 16.3 Å². The first-order chi connectivity index (χ1) is 12.4. The van der Waals surface area contributed by atoms with Crippen molar-refractivity contribution >= 4 is 21.4 Å². The van der Waals surface area contributed by atoms with Crippen LogP contribution in [0.3, 0.4) is 0 Å². The molecule has 6 nitrogen and oxygen atoms in total. The van der Waals surface area contributed by atoms with E-state index in [2.05, 4.69) is 14.7 Å². The van der Waals surface area contributed by atoms with Crippen LogP contribution in [0.1, 0.15) is 16.1 Å². The van der Waals surface area contributed by atoms with Crippen LogP contribution in [-0.4, -0.2) is 25.5 Å². The summed E-state index contributed by atoms with van der Waals surface area (Å²) in [6, 6.07) is 8.57. The zero-order valence-corrected chi connectivity index (χ0v) is 16.3. The monoisotopic (exact) mass is 389 g/mol. The highest BCUT2D eigenvalue weighted by Gasteiger charge is 2.17. The summed E-state index contributed by atoms with van der Waals surface area (Å²) in [6.07, 6.45) is 3.45. The van der Waals surface area contributed by atoms with E-state index in [1.165, 1.54) is 17.4 Å². The van der Waals surface area contributed by atoms with Crippen LogP contribution in [-0.2, 0) is 16.6 Å². The fraction of sp³-hybridized carbons (Fsp3) is 0.222. The lowest BCUT2D eigenvalue weighted by molar-refractivity contribution is 0.411. The van der Waals surface area contributed by atoms with Crippen LogP contribution in [0.4, 0.5) is 0 Å². The van der Waals surface area contributed by atoms with E-state index in [1.807, 2.05) is 26.0 Å². The number of hydrogen-bond donors (Lipinski definition) is 1. The summed E-state index contributed by atoms with van der Waals surface area (Å²) in [5.74, 6) is 0.656. The van der Waals surface area contributed by atoms with E-state index in [-0.39, 0.29) is 11.4 Å². The van der Waals surface area contributed by atoms with Crippen molar-refractivity contribution in [1.29, 1.82) is 0 Å². The van der Waals surface area contributed by atoms with Crippen molar-refractivity contribution in [2.75, 3.05) is 7.11 Å². The minimum atomic E-state index is -3.62. The Bertz CT molecular complexity index is 1020. The molecule has 0 aliphatic carbocycles. The SMILES string of the molecule is COc1ccc(S(=O)(=O)NCc2sc(-c3cccnc3)nc2C)cc1C. The van der Waals surface area contributed by atoms with Crippen molar-refractivity contribution in [2.45, 2.75) is 25.3 Å². The van der Waals surface area contributed by atoms with E-state index >= 15 is 0 Å². The Morgan fingerprint density at radius 3 is 2.69 bits per heavy atom. The molecule has 26 heavy (non-hydrogen) atoms. The number of methoxy groups -OCH3 is 1. The molecule has 0 aliphatic rings. The second-order valence-corrected chi connectivity index (χ2v) is 8.58. The maximum absolute atomic E-state index is 12.6. The Morgan fingerprint density at radius 1 is 1.23 bits per heavy atom. The maximum Gasteiger partial charge on any atom is 0.240 e.